The fourth-order valence-corrected chi connectivity index (χ4v) is 1.79. The Bertz CT molecular complexity index is 438. The summed E-state index contributed by atoms with van der Waals surface area (Å²) in [5.41, 5.74) is 1.46. The van der Waals surface area contributed by atoms with Crippen LogP contribution in [0.3, 0.4) is 0 Å². The summed E-state index contributed by atoms with van der Waals surface area (Å²) in [5, 5.41) is 5.51. The number of aryl methyl sites for hydroxylation is 1. The van der Waals surface area contributed by atoms with E-state index in [1.165, 1.54) is 6.07 Å². The SMILES string of the molecule is CCCCOCCCNC(=O)NCc1ccc(F)c(C)c1. The molecule has 4 nitrogen and oxygen atoms in total. The van der Waals surface area contributed by atoms with Crippen molar-refractivity contribution in [1.29, 1.82) is 0 Å². The number of nitrogens with one attached hydrogen (secondary N) is 2. The highest BCUT2D eigenvalue weighted by Crippen LogP contribution is 2.08. The summed E-state index contributed by atoms with van der Waals surface area (Å²) in [4.78, 5) is 11.6. The summed E-state index contributed by atoms with van der Waals surface area (Å²) >= 11 is 0. The Kier molecular flexibility index (Phi) is 8.43. The fraction of sp³-hybridized carbons (Fsp3) is 0.562. The summed E-state index contributed by atoms with van der Waals surface area (Å²) in [5.74, 6) is -0.230. The van der Waals surface area contributed by atoms with Crippen LogP contribution in [0.1, 0.15) is 37.3 Å². The van der Waals surface area contributed by atoms with Gasteiger partial charge >= 0.3 is 6.03 Å². The molecule has 21 heavy (non-hydrogen) atoms. The zero-order valence-corrected chi connectivity index (χ0v) is 12.9. The molecule has 0 aromatic heterocycles. The van der Waals surface area contributed by atoms with Crippen LogP contribution in [0.15, 0.2) is 18.2 Å². The van der Waals surface area contributed by atoms with Gasteiger partial charge in [-0.2, -0.15) is 0 Å². The molecule has 0 aliphatic carbocycles. The van der Waals surface area contributed by atoms with Crippen LogP contribution >= 0.6 is 0 Å². The molecule has 0 spiro atoms. The molecule has 1 aromatic carbocycles. The molecule has 0 saturated carbocycles. The zero-order chi connectivity index (χ0) is 15.5. The molecule has 1 rings (SSSR count). The maximum absolute atomic E-state index is 13.1. The van der Waals surface area contributed by atoms with Crippen molar-refractivity contribution in [2.75, 3.05) is 19.8 Å². The van der Waals surface area contributed by atoms with E-state index in [2.05, 4.69) is 17.6 Å². The lowest BCUT2D eigenvalue weighted by atomic mass is 10.1. The van der Waals surface area contributed by atoms with Crippen molar-refractivity contribution < 1.29 is 13.9 Å². The number of hydrogen-bond acceptors (Lipinski definition) is 2. The summed E-state index contributed by atoms with van der Waals surface area (Å²) < 4.78 is 18.5. The molecule has 0 aliphatic rings. The third kappa shape index (κ3) is 7.66. The van der Waals surface area contributed by atoms with E-state index in [0.29, 0.717) is 25.3 Å². The first-order valence-electron chi connectivity index (χ1n) is 7.48. The monoisotopic (exact) mass is 296 g/mol. The highest BCUT2D eigenvalue weighted by atomic mass is 19.1. The van der Waals surface area contributed by atoms with Gasteiger partial charge in [0, 0.05) is 26.3 Å². The maximum atomic E-state index is 13.1. The van der Waals surface area contributed by atoms with E-state index in [9.17, 15) is 9.18 Å². The van der Waals surface area contributed by atoms with Gasteiger partial charge in [-0.25, -0.2) is 9.18 Å². The van der Waals surface area contributed by atoms with Crippen molar-refractivity contribution in [3.05, 3.63) is 35.1 Å². The molecule has 0 unspecified atom stereocenters. The van der Waals surface area contributed by atoms with Crippen LogP contribution in [0.2, 0.25) is 0 Å². The number of carbonyl (C=O) groups is 1. The summed E-state index contributed by atoms with van der Waals surface area (Å²) in [6, 6.07) is 4.60. The minimum atomic E-state index is -0.230. The lowest BCUT2D eigenvalue weighted by Crippen LogP contribution is -2.35. The molecule has 0 bridgehead atoms. The van der Waals surface area contributed by atoms with Gasteiger partial charge in [0.05, 0.1) is 0 Å². The van der Waals surface area contributed by atoms with Crippen LogP contribution < -0.4 is 10.6 Å². The molecule has 1 aromatic rings. The quantitative estimate of drug-likeness (QED) is 0.688. The highest BCUT2D eigenvalue weighted by molar-refractivity contribution is 5.73. The second-order valence-corrected chi connectivity index (χ2v) is 5.01. The largest absolute Gasteiger partial charge is 0.381 e. The van der Waals surface area contributed by atoms with Gasteiger partial charge in [0.15, 0.2) is 0 Å². The van der Waals surface area contributed by atoms with Crippen LogP contribution in [-0.4, -0.2) is 25.8 Å². The van der Waals surface area contributed by atoms with Crippen LogP contribution in [-0.2, 0) is 11.3 Å². The average molecular weight is 296 g/mol. The Balaban J connectivity index is 2.09. The average Bonchev–Trinajstić information content (AvgIpc) is 2.47. The smallest absolute Gasteiger partial charge is 0.315 e. The van der Waals surface area contributed by atoms with Crippen molar-refractivity contribution in [2.24, 2.45) is 0 Å². The van der Waals surface area contributed by atoms with Crippen molar-refractivity contribution in [2.45, 2.75) is 39.7 Å². The lowest BCUT2D eigenvalue weighted by Gasteiger charge is -2.08. The third-order valence-corrected chi connectivity index (χ3v) is 3.07. The number of benzene rings is 1. The van der Waals surface area contributed by atoms with Crippen LogP contribution in [0.4, 0.5) is 9.18 Å². The predicted molar refractivity (Wildman–Crippen MR) is 81.7 cm³/mol. The van der Waals surface area contributed by atoms with Gasteiger partial charge in [-0.15, -0.1) is 0 Å². The van der Waals surface area contributed by atoms with E-state index >= 15 is 0 Å². The first kappa shape index (κ1) is 17.4. The molecule has 0 heterocycles. The van der Waals surface area contributed by atoms with Crippen molar-refractivity contribution in [3.8, 4) is 0 Å². The van der Waals surface area contributed by atoms with Crippen molar-refractivity contribution >= 4 is 6.03 Å². The lowest BCUT2D eigenvalue weighted by molar-refractivity contribution is 0.129. The van der Waals surface area contributed by atoms with Gasteiger partial charge in [0.2, 0.25) is 0 Å². The Labute approximate surface area is 126 Å². The molecular formula is C16H25FN2O2. The molecule has 2 amide bonds. The summed E-state index contributed by atoms with van der Waals surface area (Å²) in [6.07, 6.45) is 3.00. The fourth-order valence-electron chi connectivity index (χ4n) is 1.79. The Morgan fingerprint density at radius 3 is 2.71 bits per heavy atom. The minimum absolute atomic E-state index is 0.217. The molecule has 0 atom stereocenters. The number of rotatable bonds is 9. The Morgan fingerprint density at radius 1 is 1.24 bits per heavy atom. The number of carbonyl (C=O) groups excluding carboxylic acids is 1. The van der Waals surface area contributed by atoms with Crippen LogP contribution in [0.5, 0.6) is 0 Å². The van der Waals surface area contributed by atoms with E-state index in [-0.39, 0.29) is 11.8 Å². The van der Waals surface area contributed by atoms with Gasteiger partial charge in [-0.05, 0) is 37.0 Å². The zero-order valence-electron chi connectivity index (χ0n) is 12.9. The first-order chi connectivity index (χ1) is 10.1. The van der Waals surface area contributed by atoms with E-state index in [1.807, 2.05) is 0 Å². The number of amides is 2. The van der Waals surface area contributed by atoms with Gasteiger partial charge in [0.1, 0.15) is 5.82 Å². The molecule has 0 fully saturated rings. The van der Waals surface area contributed by atoms with E-state index in [0.717, 1.165) is 31.4 Å². The summed E-state index contributed by atoms with van der Waals surface area (Å²) in [6.45, 7) is 6.25. The second-order valence-electron chi connectivity index (χ2n) is 5.01. The number of ether oxygens (including phenoxy) is 1. The van der Waals surface area contributed by atoms with Gasteiger partial charge in [0.25, 0.3) is 0 Å². The maximum Gasteiger partial charge on any atom is 0.315 e. The Hall–Kier alpha value is -1.62. The van der Waals surface area contributed by atoms with Crippen LogP contribution in [0, 0.1) is 12.7 Å². The number of unbranched alkanes of at least 4 members (excludes halogenated alkanes) is 1. The third-order valence-electron chi connectivity index (χ3n) is 3.07. The summed E-state index contributed by atoms with van der Waals surface area (Å²) in [7, 11) is 0. The molecular weight excluding hydrogens is 271 g/mol. The molecule has 0 saturated heterocycles. The topological polar surface area (TPSA) is 50.4 Å². The van der Waals surface area contributed by atoms with E-state index in [4.69, 9.17) is 4.74 Å². The van der Waals surface area contributed by atoms with Crippen molar-refractivity contribution in [1.82, 2.24) is 10.6 Å². The van der Waals surface area contributed by atoms with E-state index < -0.39 is 0 Å². The first-order valence-corrected chi connectivity index (χ1v) is 7.48. The molecule has 5 heteroatoms. The standard InChI is InChI=1S/C16H25FN2O2/c1-3-4-9-21-10-5-8-18-16(20)19-12-14-6-7-15(17)13(2)11-14/h6-7,11H,3-5,8-10,12H2,1-2H3,(H2,18,19,20). The predicted octanol–water partition coefficient (Wildman–Crippen LogP) is 3.14. The van der Waals surface area contributed by atoms with E-state index in [1.54, 1.807) is 19.1 Å². The normalized spacial score (nSPS) is 10.4. The minimum Gasteiger partial charge on any atom is -0.381 e. The van der Waals surface area contributed by atoms with Gasteiger partial charge in [-0.1, -0.05) is 25.5 Å². The number of hydrogen-bond donors (Lipinski definition) is 2. The van der Waals surface area contributed by atoms with Crippen molar-refractivity contribution in [3.63, 3.8) is 0 Å². The molecule has 0 aliphatic heterocycles. The molecule has 2 N–H and O–H groups in total. The molecule has 118 valence electrons. The highest BCUT2D eigenvalue weighted by Gasteiger charge is 2.02. The van der Waals surface area contributed by atoms with Gasteiger partial charge < -0.3 is 15.4 Å². The second kappa shape index (κ2) is 10.2. The number of halogens is 1. The Morgan fingerprint density at radius 2 is 2.00 bits per heavy atom. The van der Waals surface area contributed by atoms with Crippen LogP contribution in [0.25, 0.3) is 0 Å². The van der Waals surface area contributed by atoms with Gasteiger partial charge in [-0.3, -0.25) is 0 Å². The number of urea groups is 1. The molecule has 0 radical (unpaired) electrons.